The van der Waals surface area contributed by atoms with E-state index in [1.807, 2.05) is 13.0 Å². The maximum absolute atomic E-state index is 14.2. The third-order valence-corrected chi connectivity index (χ3v) is 3.95. The van der Waals surface area contributed by atoms with Gasteiger partial charge in [0.15, 0.2) is 0 Å². The normalized spacial score (nSPS) is 12.4. The highest BCUT2D eigenvalue weighted by Gasteiger charge is 2.18. The Balaban J connectivity index is 2.46. The number of benzene rings is 2. The van der Waals surface area contributed by atoms with Crippen LogP contribution in [-0.4, -0.2) is 6.54 Å². The van der Waals surface area contributed by atoms with Gasteiger partial charge in [0.1, 0.15) is 11.6 Å². The van der Waals surface area contributed by atoms with Gasteiger partial charge in [-0.15, -0.1) is 0 Å². The van der Waals surface area contributed by atoms with Crippen LogP contribution in [0.15, 0.2) is 40.9 Å². The number of nitrogens with one attached hydrogen (secondary N) is 1. The van der Waals surface area contributed by atoms with Crippen molar-refractivity contribution in [1.29, 1.82) is 0 Å². The summed E-state index contributed by atoms with van der Waals surface area (Å²) >= 11 is 3.19. The lowest BCUT2D eigenvalue weighted by Gasteiger charge is -2.21. The smallest absolute Gasteiger partial charge is 0.137 e. The Hall–Kier alpha value is -1.26. The molecule has 0 heterocycles. The van der Waals surface area contributed by atoms with Gasteiger partial charge < -0.3 is 5.32 Å². The molecule has 2 aromatic rings. The zero-order chi connectivity index (χ0) is 15.4. The topological polar surface area (TPSA) is 12.0 Å². The third kappa shape index (κ3) is 3.89. The van der Waals surface area contributed by atoms with E-state index in [0.29, 0.717) is 10.0 Å². The second-order valence-electron chi connectivity index (χ2n) is 5.09. The van der Waals surface area contributed by atoms with Gasteiger partial charge in [-0.1, -0.05) is 30.7 Å². The number of hydrogen-bond acceptors (Lipinski definition) is 1. The molecule has 0 spiro atoms. The second kappa shape index (κ2) is 7.14. The first-order valence-corrected chi connectivity index (χ1v) is 7.76. The fourth-order valence-electron chi connectivity index (χ4n) is 2.27. The average Bonchev–Trinajstić information content (AvgIpc) is 2.46. The fraction of sp³-hybridized carbons (Fsp3) is 0.294. The molecule has 0 aromatic heterocycles. The molecule has 0 aliphatic carbocycles. The molecule has 0 saturated carbocycles. The van der Waals surface area contributed by atoms with Crippen LogP contribution in [0.25, 0.3) is 0 Å². The molecule has 112 valence electrons. The summed E-state index contributed by atoms with van der Waals surface area (Å²) in [6.07, 6.45) is 0.937. The Morgan fingerprint density at radius 3 is 2.48 bits per heavy atom. The van der Waals surface area contributed by atoms with Gasteiger partial charge in [0, 0.05) is 5.56 Å². The molecule has 1 nitrogen and oxygen atoms in total. The fourth-order valence-corrected chi connectivity index (χ4v) is 2.67. The van der Waals surface area contributed by atoms with Crippen molar-refractivity contribution in [1.82, 2.24) is 5.32 Å². The lowest BCUT2D eigenvalue weighted by molar-refractivity contribution is 0.544. The minimum Gasteiger partial charge on any atom is -0.306 e. The summed E-state index contributed by atoms with van der Waals surface area (Å²) in [5.74, 6) is -0.577. The predicted octanol–water partition coefficient (Wildman–Crippen LogP) is 5.12. The first kappa shape index (κ1) is 16.1. The van der Waals surface area contributed by atoms with Gasteiger partial charge in [0.05, 0.1) is 10.5 Å². The molecule has 0 aliphatic heterocycles. The van der Waals surface area contributed by atoms with E-state index in [0.717, 1.165) is 24.1 Å². The van der Waals surface area contributed by atoms with Crippen LogP contribution in [0.5, 0.6) is 0 Å². The predicted molar refractivity (Wildman–Crippen MR) is 85.4 cm³/mol. The van der Waals surface area contributed by atoms with E-state index >= 15 is 0 Å². The van der Waals surface area contributed by atoms with Crippen LogP contribution in [-0.2, 0) is 0 Å². The van der Waals surface area contributed by atoms with E-state index in [4.69, 9.17) is 0 Å². The molecule has 0 saturated heterocycles. The first-order chi connectivity index (χ1) is 10.0. The minimum absolute atomic E-state index is 0.255. The molecule has 0 radical (unpaired) electrons. The highest BCUT2D eigenvalue weighted by Crippen LogP contribution is 2.28. The molecule has 2 aromatic carbocycles. The highest BCUT2D eigenvalue weighted by atomic mass is 79.9. The molecular weight excluding hydrogens is 336 g/mol. The summed E-state index contributed by atoms with van der Waals surface area (Å²) in [6, 6.07) is 9.55. The summed E-state index contributed by atoms with van der Waals surface area (Å²) in [4.78, 5) is 0. The maximum atomic E-state index is 14.2. The van der Waals surface area contributed by atoms with Crippen LogP contribution in [0.4, 0.5) is 8.78 Å². The van der Waals surface area contributed by atoms with Crippen molar-refractivity contribution >= 4 is 15.9 Å². The number of halogens is 3. The van der Waals surface area contributed by atoms with Crippen LogP contribution in [0.3, 0.4) is 0 Å². The van der Waals surface area contributed by atoms with E-state index < -0.39 is 0 Å². The van der Waals surface area contributed by atoms with Crippen LogP contribution in [0, 0.1) is 18.6 Å². The third-order valence-electron chi connectivity index (χ3n) is 3.34. The summed E-state index contributed by atoms with van der Waals surface area (Å²) in [5, 5.41) is 3.33. The van der Waals surface area contributed by atoms with E-state index in [2.05, 4.69) is 28.2 Å². The van der Waals surface area contributed by atoms with E-state index in [9.17, 15) is 8.78 Å². The zero-order valence-electron chi connectivity index (χ0n) is 12.1. The van der Waals surface area contributed by atoms with Gasteiger partial charge in [0.25, 0.3) is 0 Å². The molecule has 21 heavy (non-hydrogen) atoms. The Labute approximate surface area is 132 Å². The second-order valence-corrected chi connectivity index (χ2v) is 5.94. The van der Waals surface area contributed by atoms with Gasteiger partial charge in [-0.3, -0.25) is 0 Å². The zero-order valence-corrected chi connectivity index (χ0v) is 13.7. The van der Waals surface area contributed by atoms with Crippen molar-refractivity contribution in [2.45, 2.75) is 26.3 Å². The monoisotopic (exact) mass is 353 g/mol. The summed E-state index contributed by atoms with van der Waals surface area (Å²) in [6.45, 7) is 4.74. The van der Waals surface area contributed by atoms with E-state index in [1.165, 1.54) is 12.1 Å². The van der Waals surface area contributed by atoms with Crippen LogP contribution in [0.2, 0.25) is 0 Å². The quantitative estimate of drug-likeness (QED) is 0.785. The lowest BCUT2D eigenvalue weighted by atomic mass is 9.96. The van der Waals surface area contributed by atoms with Gasteiger partial charge in [-0.25, -0.2) is 8.78 Å². The van der Waals surface area contributed by atoms with Crippen molar-refractivity contribution in [3.05, 3.63) is 69.2 Å². The number of hydrogen-bond donors (Lipinski definition) is 1. The largest absolute Gasteiger partial charge is 0.306 e. The van der Waals surface area contributed by atoms with Gasteiger partial charge in [-0.05, 0) is 59.6 Å². The molecule has 0 fully saturated rings. The summed E-state index contributed by atoms with van der Waals surface area (Å²) < 4.78 is 28.0. The number of aryl methyl sites for hydroxylation is 1. The Morgan fingerprint density at radius 1 is 1.10 bits per heavy atom. The molecular formula is C17H18BrF2N. The average molecular weight is 354 g/mol. The minimum atomic E-state index is -0.322. The van der Waals surface area contributed by atoms with Crippen molar-refractivity contribution in [2.75, 3.05) is 6.54 Å². The van der Waals surface area contributed by atoms with Crippen LogP contribution < -0.4 is 5.32 Å². The maximum Gasteiger partial charge on any atom is 0.137 e. The number of rotatable bonds is 5. The SMILES string of the molecule is CCCNC(c1ccc(F)c(Br)c1)c1cc(C)ccc1F. The molecule has 1 N–H and O–H groups in total. The highest BCUT2D eigenvalue weighted by molar-refractivity contribution is 9.10. The van der Waals surface area contributed by atoms with Crippen molar-refractivity contribution in [3.63, 3.8) is 0 Å². The molecule has 0 bridgehead atoms. The van der Waals surface area contributed by atoms with Gasteiger partial charge >= 0.3 is 0 Å². The van der Waals surface area contributed by atoms with E-state index in [1.54, 1.807) is 18.2 Å². The van der Waals surface area contributed by atoms with Crippen molar-refractivity contribution in [3.8, 4) is 0 Å². The standard InChI is InChI=1S/C17H18BrF2N/c1-3-8-21-17(12-5-7-16(20)14(18)10-12)13-9-11(2)4-6-15(13)19/h4-7,9-10,17,21H,3,8H2,1-2H3. The van der Waals surface area contributed by atoms with E-state index in [-0.39, 0.29) is 17.7 Å². The molecule has 1 atom stereocenters. The molecule has 1 unspecified atom stereocenters. The Morgan fingerprint density at radius 2 is 1.81 bits per heavy atom. The van der Waals surface area contributed by atoms with Crippen LogP contribution in [0.1, 0.15) is 36.1 Å². The molecule has 4 heteroatoms. The van der Waals surface area contributed by atoms with Crippen LogP contribution >= 0.6 is 15.9 Å². The summed E-state index contributed by atoms with van der Waals surface area (Å²) in [7, 11) is 0. The Bertz CT molecular complexity index is 628. The van der Waals surface area contributed by atoms with Crippen molar-refractivity contribution in [2.24, 2.45) is 0 Å². The van der Waals surface area contributed by atoms with Gasteiger partial charge in [0.2, 0.25) is 0 Å². The molecule has 2 rings (SSSR count). The molecule has 0 aliphatic rings. The Kier molecular flexibility index (Phi) is 5.48. The lowest BCUT2D eigenvalue weighted by Crippen LogP contribution is -2.24. The van der Waals surface area contributed by atoms with Gasteiger partial charge in [-0.2, -0.15) is 0 Å². The first-order valence-electron chi connectivity index (χ1n) is 6.97. The molecule has 0 amide bonds. The summed E-state index contributed by atoms with van der Waals surface area (Å²) in [5.41, 5.74) is 2.42. The van der Waals surface area contributed by atoms with Crippen molar-refractivity contribution < 1.29 is 8.78 Å².